The zero-order chi connectivity index (χ0) is 62.3. The molecule has 0 radical (unpaired) electrons. The monoisotopic (exact) mass is 1220 g/mol. The van der Waals surface area contributed by atoms with Crippen molar-refractivity contribution in [2.24, 2.45) is 23.7 Å². The second-order valence-electron chi connectivity index (χ2n) is 29.6. The van der Waals surface area contributed by atoms with Gasteiger partial charge in [0.1, 0.15) is 0 Å². The smallest absolute Gasteiger partial charge is 0.170 e. The van der Waals surface area contributed by atoms with Crippen LogP contribution in [0.1, 0.15) is 395 Å². The molecule has 7 aliphatic rings. The van der Waals surface area contributed by atoms with E-state index in [4.69, 9.17) is 9.47 Å². The van der Waals surface area contributed by atoms with E-state index in [0.29, 0.717) is 22.3 Å². The summed E-state index contributed by atoms with van der Waals surface area (Å²) in [5.41, 5.74) is 16.3. The van der Waals surface area contributed by atoms with Gasteiger partial charge in [0.15, 0.2) is 23.1 Å². The van der Waals surface area contributed by atoms with Crippen molar-refractivity contribution in [3.05, 3.63) is 115 Å². The zero-order valence-electron chi connectivity index (χ0n) is 56.8. The molecule has 2 saturated heterocycles. The Balaban J connectivity index is 0.770. The van der Waals surface area contributed by atoms with Crippen molar-refractivity contribution in [2.75, 3.05) is 0 Å². The van der Waals surface area contributed by atoms with Crippen LogP contribution < -0.4 is 0 Å². The Bertz CT molecular complexity index is 2670. The molecule has 0 aromatic heterocycles. The average Bonchev–Trinajstić information content (AvgIpc) is 1.46. The molecule has 6 nitrogen and oxygen atoms in total. The van der Waals surface area contributed by atoms with Gasteiger partial charge in [-0.05, 0) is 167 Å². The molecule has 4 bridgehead atoms. The number of ether oxygens (including phenoxy) is 2. The first-order chi connectivity index (χ1) is 44.3. The van der Waals surface area contributed by atoms with Gasteiger partial charge in [-0.25, -0.2) is 0 Å². The number of ketones is 4. The molecule has 3 aliphatic carbocycles. The summed E-state index contributed by atoms with van der Waals surface area (Å²) in [5.74, 6) is -1.78. The molecule has 0 spiro atoms. The van der Waals surface area contributed by atoms with Crippen LogP contribution in [0.3, 0.4) is 0 Å². The van der Waals surface area contributed by atoms with Gasteiger partial charge in [0.25, 0.3) is 0 Å². The molecule has 4 aromatic rings. The molecule has 11 rings (SSSR count). The topological polar surface area (TPSA) is 86.7 Å². The van der Waals surface area contributed by atoms with Crippen LogP contribution >= 0.6 is 0 Å². The number of aryl methyl sites for hydroxylation is 4. The van der Waals surface area contributed by atoms with Gasteiger partial charge < -0.3 is 9.47 Å². The molecule has 0 N–H and O–H groups in total. The van der Waals surface area contributed by atoms with E-state index in [1.165, 1.54) is 253 Å². The van der Waals surface area contributed by atoms with E-state index in [0.717, 1.165) is 95.9 Å². The lowest BCUT2D eigenvalue weighted by Gasteiger charge is -2.36. The second-order valence-corrected chi connectivity index (χ2v) is 29.6. The van der Waals surface area contributed by atoms with Crippen molar-refractivity contribution >= 4 is 23.1 Å². The number of carbonyl (C=O) groups excluding carboxylic acids is 4. The maximum atomic E-state index is 15.1. The number of rotatable bonds is 44. The highest BCUT2D eigenvalue weighted by atomic mass is 16.5. The minimum Gasteiger partial charge on any atom is -0.364 e. The summed E-state index contributed by atoms with van der Waals surface area (Å²) >= 11 is 0. The lowest BCUT2D eigenvalue weighted by atomic mass is 9.62. The summed E-state index contributed by atoms with van der Waals surface area (Å²) in [7, 11) is 0. The number of hydrogen-bond acceptors (Lipinski definition) is 6. The SMILES string of the molecule is CCCCCCCCCCCCc1cc2c(cc1CCCCCCCCCCCC)C(=O)C1C3OC(c4cc5c(cc43)-c3cc4c(cc3-5)C3OC4C4C(=O)c5cc(CCCCCCCCCCCC)c(CCCCCCCCCCCC)cc5C(=O)C34)C1C2=O. The Kier molecular flexibility index (Phi) is 24.6. The van der Waals surface area contributed by atoms with Gasteiger partial charge in [0, 0.05) is 22.3 Å². The van der Waals surface area contributed by atoms with E-state index in [-0.39, 0.29) is 23.1 Å². The molecule has 90 heavy (non-hydrogen) atoms. The number of Topliss-reactive ketones (excluding diaryl/α,β-unsaturated/α-hetero) is 4. The third-order valence-corrected chi connectivity index (χ3v) is 23.1. The number of carbonyl (C=O) groups is 4. The van der Waals surface area contributed by atoms with E-state index in [9.17, 15) is 0 Å². The maximum Gasteiger partial charge on any atom is 0.170 e. The molecule has 4 heterocycles. The van der Waals surface area contributed by atoms with Crippen molar-refractivity contribution in [3.63, 3.8) is 0 Å². The summed E-state index contributed by atoms with van der Waals surface area (Å²) in [5, 5.41) is 0. The molecule has 6 heteroatoms. The number of hydrogen-bond donors (Lipinski definition) is 0. The van der Waals surface area contributed by atoms with Gasteiger partial charge in [0.05, 0.1) is 48.1 Å². The molecule has 488 valence electrons. The molecular formula is C84H116O6. The maximum absolute atomic E-state index is 15.1. The molecule has 2 fully saturated rings. The van der Waals surface area contributed by atoms with Gasteiger partial charge in [-0.15, -0.1) is 0 Å². The Hall–Kier alpha value is -4.52. The van der Waals surface area contributed by atoms with Crippen molar-refractivity contribution in [2.45, 2.75) is 335 Å². The molecule has 4 aromatic carbocycles. The van der Waals surface area contributed by atoms with E-state index in [1.54, 1.807) is 0 Å². The predicted octanol–water partition coefficient (Wildman–Crippen LogP) is 24.1. The van der Waals surface area contributed by atoms with E-state index < -0.39 is 48.1 Å². The fraction of sp³-hybridized carbons (Fsp3) is 0.667. The lowest BCUT2D eigenvalue weighted by molar-refractivity contribution is 0.0503. The summed E-state index contributed by atoms with van der Waals surface area (Å²) in [6.45, 7) is 9.13. The Labute approximate surface area is 544 Å². The minimum atomic E-state index is -0.525. The fourth-order valence-corrected chi connectivity index (χ4v) is 17.8. The lowest BCUT2D eigenvalue weighted by Crippen LogP contribution is -2.40. The van der Waals surface area contributed by atoms with Crippen molar-refractivity contribution < 1.29 is 28.7 Å². The number of benzene rings is 4. The van der Waals surface area contributed by atoms with Crippen LogP contribution in [-0.4, -0.2) is 23.1 Å². The van der Waals surface area contributed by atoms with Gasteiger partial charge in [-0.1, -0.05) is 259 Å². The highest BCUT2D eigenvalue weighted by Crippen LogP contribution is 2.66. The van der Waals surface area contributed by atoms with Crippen molar-refractivity contribution in [1.29, 1.82) is 0 Å². The van der Waals surface area contributed by atoms with Crippen LogP contribution in [0.5, 0.6) is 0 Å². The van der Waals surface area contributed by atoms with Gasteiger partial charge in [-0.2, -0.15) is 0 Å². The Morgan fingerprint density at radius 1 is 0.222 bits per heavy atom. The van der Waals surface area contributed by atoms with E-state index in [2.05, 4.69) is 76.2 Å². The van der Waals surface area contributed by atoms with E-state index >= 15 is 19.2 Å². The first-order valence-electron chi connectivity index (χ1n) is 38.4. The van der Waals surface area contributed by atoms with Crippen LogP contribution in [0.4, 0.5) is 0 Å². The van der Waals surface area contributed by atoms with Gasteiger partial charge in [-0.3, -0.25) is 19.2 Å². The summed E-state index contributed by atoms with van der Waals surface area (Å²) in [4.78, 5) is 60.3. The van der Waals surface area contributed by atoms with Gasteiger partial charge in [0.2, 0.25) is 0 Å². The highest BCUT2D eigenvalue weighted by Gasteiger charge is 2.63. The van der Waals surface area contributed by atoms with Crippen LogP contribution in [0.2, 0.25) is 0 Å². The third-order valence-electron chi connectivity index (χ3n) is 23.1. The highest BCUT2D eigenvalue weighted by molar-refractivity contribution is 6.19. The number of unbranched alkanes of at least 4 members (excludes halogenated alkanes) is 36. The Morgan fingerprint density at radius 2 is 0.389 bits per heavy atom. The van der Waals surface area contributed by atoms with Crippen molar-refractivity contribution in [3.8, 4) is 22.3 Å². The Morgan fingerprint density at radius 3 is 0.567 bits per heavy atom. The molecule has 8 atom stereocenters. The van der Waals surface area contributed by atoms with Crippen LogP contribution in [0, 0.1) is 23.7 Å². The molecule has 0 amide bonds. The first-order valence-corrected chi connectivity index (χ1v) is 38.4. The summed E-state index contributed by atoms with van der Waals surface area (Å²) in [6.07, 6.45) is 53.7. The average molecular weight is 1220 g/mol. The normalized spacial score (nSPS) is 21.7. The van der Waals surface area contributed by atoms with E-state index in [1.807, 2.05) is 0 Å². The molecule has 8 unspecified atom stereocenters. The predicted molar refractivity (Wildman–Crippen MR) is 370 cm³/mol. The zero-order valence-corrected chi connectivity index (χ0v) is 56.8. The van der Waals surface area contributed by atoms with Crippen molar-refractivity contribution in [1.82, 2.24) is 0 Å². The largest absolute Gasteiger partial charge is 0.364 e. The van der Waals surface area contributed by atoms with Crippen LogP contribution in [0.15, 0.2) is 48.5 Å². The summed E-state index contributed by atoms with van der Waals surface area (Å²) < 4.78 is 13.7. The summed E-state index contributed by atoms with van der Waals surface area (Å²) in [6, 6.07) is 17.7. The quantitative estimate of drug-likeness (QED) is 0.0361. The minimum absolute atomic E-state index is 0.0793. The first kappa shape index (κ1) is 66.9. The molecule has 0 saturated carbocycles. The number of fused-ring (bicyclic) bond motifs is 22. The van der Waals surface area contributed by atoms with Gasteiger partial charge >= 0.3 is 0 Å². The standard InChI is InChI=1S/C84H116O6/c1-5-9-13-17-21-25-29-33-37-41-45-57-49-65-66(50-58(57)46-42-38-34-30-26-22-18-14-10-6-2)78(86)74-73(77(65)85)81-69-53-61-62(54-70(69)82(74)89-81)64-56-72-71(55-63(61)64)83-75-76(84(72)90-83)80(88)68-52-60(48-44-40-36-32-28-24-20-16-12-8-4)59(51-67(68)79(75)87)47-43-39-35-31-27-23-19-15-11-7-3/h49-56,73-76,81-84H,5-48H2,1-4H3. The molecule has 4 aliphatic heterocycles. The molecular weight excluding hydrogens is 1100 g/mol. The van der Waals surface area contributed by atoms with Crippen LogP contribution in [-0.2, 0) is 35.2 Å². The fourth-order valence-electron chi connectivity index (χ4n) is 17.8. The second kappa shape index (κ2) is 33.0. The third kappa shape index (κ3) is 14.9. The van der Waals surface area contributed by atoms with Crippen LogP contribution in [0.25, 0.3) is 22.3 Å².